The summed E-state index contributed by atoms with van der Waals surface area (Å²) in [6.45, 7) is 0.876. The zero-order valence-electron chi connectivity index (χ0n) is 11.1. The smallest absolute Gasteiger partial charge is 0.274 e. The van der Waals surface area contributed by atoms with Crippen LogP contribution in [0.3, 0.4) is 0 Å². The van der Waals surface area contributed by atoms with Crippen molar-refractivity contribution in [3.05, 3.63) is 29.3 Å². The molecule has 3 heterocycles. The summed E-state index contributed by atoms with van der Waals surface area (Å²) in [4.78, 5) is 26.1. The van der Waals surface area contributed by atoms with Crippen LogP contribution in [-0.4, -0.2) is 52.7 Å². The molecule has 1 fully saturated rings. The third-order valence-electron chi connectivity index (χ3n) is 3.25. The van der Waals surface area contributed by atoms with Crippen LogP contribution in [0.1, 0.15) is 10.5 Å². The van der Waals surface area contributed by atoms with E-state index in [4.69, 9.17) is 10.5 Å². The molecule has 1 aliphatic rings. The maximum absolute atomic E-state index is 12.4. The van der Waals surface area contributed by atoms with Gasteiger partial charge < -0.3 is 15.4 Å². The van der Waals surface area contributed by atoms with Gasteiger partial charge in [0.15, 0.2) is 11.8 Å². The number of nitrogens with two attached hydrogens (primary N) is 1. The lowest BCUT2D eigenvalue weighted by atomic mass is 10.2. The summed E-state index contributed by atoms with van der Waals surface area (Å²) in [5.74, 6) is -0.794. The molecule has 1 atom stereocenters. The first-order valence-corrected chi connectivity index (χ1v) is 7.32. The van der Waals surface area contributed by atoms with Crippen molar-refractivity contribution in [2.75, 3.05) is 19.7 Å². The number of thiophene rings is 1. The van der Waals surface area contributed by atoms with Crippen molar-refractivity contribution in [2.24, 2.45) is 5.73 Å². The van der Waals surface area contributed by atoms with Crippen LogP contribution in [0.2, 0.25) is 0 Å². The Bertz CT molecular complexity index is 652. The van der Waals surface area contributed by atoms with Crippen molar-refractivity contribution in [3.63, 3.8) is 0 Å². The number of hydrogen-bond donors (Lipinski definition) is 2. The number of rotatable bonds is 3. The number of amides is 2. The zero-order valence-corrected chi connectivity index (χ0v) is 11.9. The molecule has 110 valence electrons. The molecule has 3 N–H and O–H groups in total. The molecule has 8 heteroatoms. The summed E-state index contributed by atoms with van der Waals surface area (Å²) in [7, 11) is 0. The number of hydrogen-bond acceptors (Lipinski definition) is 5. The highest BCUT2D eigenvalue weighted by atomic mass is 32.1. The van der Waals surface area contributed by atoms with Gasteiger partial charge in [-0.05, 0) is 17.5 Å². The van der Waals surface area contributed by atoms with Crippen molar-refractivity contribution in [1.82, 2.24) is 15.1 Å². The summed E-state index contributed by atoms with van der Waals surface area (Å²) >= 11 is 1.56. The van der Waals surface area contributed by atoms with Gasteiger partial charge in [-0.3, -0.25) is 14.7 Å². The minimum Gasteiger partial charge on any atom is -0.367 e. The monoisotopic (exact) mass is 306 g/mol. The predicted octanol–water partition coefficient (Wildman–Crippen LogP) is 0.464. The number of nitrogens with zero attached hydrogens (tertiary/aromatic N) is 2. The van der Waals surface area contributed by atoms with Crippen molar-refractivity contribution < 1.29 is 14.3 Å². The fourth-order valence-electron chi connectivity index (χ4n) is 2.16. The van der Waals surface area contributed by atoms with E-state index in [-0.39, 0.29) is 12.5 Å². The molecule has 1 unspecified atom stereocenters. The lowest BCUT2D eigenvalue weighted by molar-refractivity contribution is -0.133. The van der Waals surface area contributed by atoms with E-state index in [2.05, 4.69) is 10.2 Å². The Balaban J connectivity index is 1.74. The number of carbonyl (C=O) groups is 2. The van der Waals surface area contributed by atoms with E-state index in [1.807, 2.05) is 17.5 Å². The van der Waals surface area contributed by atoms with Crippen LogP contribution >= 0.6 is 11.3 Å². The molecule has 0 saturated carbocycles. The third-order valence-corrected chi connectivity index (χ3v) is 4.16. The minimum atomic E-state index is -0.751. The van der Waals surface area contributed by atoms with Gasteiger partial charge in [0.05, 0.1) is 23.7 Å². The molecule has 0 aliphatic carbocycles. The lowest BCUT2D eigenvalue weighted by Gasteiger charge is -2.30. The number of aromatic amines is 1. The van der Waals surface area contributed by atoms with Crippen LogP contribution in [0.5, 0.6) is 0 Å². The van der Waals surface area contributed by atoms with Crippen LogP contribution in [-0.2, 0) is 9.53 Å². The summed E-state index contributed by atoms with van der Waals surface area (Å²) < 4.78 is 5.22. The number of morpholine rings is 1. The van der Waals surface area contributed by atoms with E-state index in [1.165, 1.54) is 4.90 Å². The summed E-state index contributed by atoms with van der Waals surface area (Å²) in [6.07, 6.45) is -0.751. The molecule has 21 heavy (non-hydrogen) atoms. The Morgan fingerprint density at radius 3 is 3.10 bits per heavy atom. The normalized spacial score (nSPS) is 18.7. The molecular formula is C13H14N4O3S. The Morgan fingerprint density at radius 2 is 2.38 bits per heavy atom. The van der Waals surface area contributed by atoms with Gasteiger partial charge in [0.2, 0.25) is 5.91 Å². The number of carbonyl (C=O) groups excluding carboxylic acids is 2. The molecule has 7 nitrogen and oxygen atoms in total. The second kappa shape index (κ2) is 5.66. The lowest BCUT2D eigenvalue weighted by Crippen LogP contribution is -2.50. The first-order valence-electron chi connectivity index (χ1n) is 6.44. The molecule has 0 bridgehead atoms. The number of aromatic nitrogens is 2. The minimum absolute atomic E-state index is 0.162. The zero-order chi connectivity index (χ0) is 14.8. The van der Waals surface area contributed by atoms with Crippen molar-refractivity contribution in [2.45, 2.75) is 6.10 Å². The fourth-order valence-corrected chi connectivity index (χ4v) is 2.85. The van der Waals surface area contributed by atoms with Crippen molar-refractivity contribution in [1.29, 1.82) is 0 Å². The topological polar surface area (TPSA) is 101 Å². The molecule has 3 rings (SSSR count). The van der Waals surface area contributed by atoms with E-state index in [9.17, 15) is 9.59 Å². The van der Waals surface area contributed by atoms with E-state index in [0.29, 0.717) is 18.8 Å². The van der Waals surface area contributed by atoms with Crippen molar-refractivity contribution in [3.8, 4) is 10.6 Å². The standard InChI is InChI=1S/C13H14N4O3S/c14-12(18)10-7-17(3-4-20-10)13(19)9-6-8(15-16-9)11-2-1-5-21-11/h1-2,5-6,10H,3-4,7H2,(H2,14,18)(H,15,16). The number of nitrogens with one attached hydrogen (secondary N) is 1. The van der Waals surface area contributed by atoms with Gasteiger partial charge in [0, 0.05) is 6.54 Å². The Morgan fingerprint density at radius 1 is 1.52 bits per heavy atom. The molecule has 0 spiro atoms. The highest BCUT2D eigenvalue weighted by Gasteiger charge is 2.29. The predicted molar refractivity (Wildman–Crippen MR) is 76.7 cm³/mol. The molecule has 2 aromatic heterocycles. The largest absolute Gasteiger partial charge is 0.367 e. The van der Waals surface area contributed by atoms with E-state index >= 15 is 0 Å². The summed E-state index contributed by atoms with van der Waals surface area (Å²) in [5, 5.41) is 8.86. The van der Waals surface area contributed by atoms with Gasteiger partial charge in [-0.2, -0.15) is 5.10 Å². The average Bonchev–Trinajstić information content (AvgIpc) is 3.17. The Hall–Kier alpha value is -2.19. The SMILES string of the molecule is NC(=O)C1CN(C(=O)c2cc(-c3cccs3)[nH]n2)CCO1. The Labute approximate surface area is 124 Å². The average molecular weight is 306 g/mol. The number of ether oxygens (including phenoxy) is 1. The van der Waals surface area contributed by atoms with Gasteiger partial charge in [0.1, 0.15) is 0 Å². The number of H-pyrrole nitrogens is 1. The fraction of sp³-hybridized carbons (Fsp3) is 0.308. The quantitative estimate of drug-likeness (QED) is 0.860. The Kier molecular flexibility index (Phi) is 3.72. The second-order valence-electron chi connectivity index (χ2n) is 4.66. The van der Waals surface area contributed by atoms with Gasteiger partial charge in [0.25, 0.3) is 5.91 Å². The summed E-state index contributed by atoms with van der Waals surface area (Å²) in [5.41, 5.74) is 6.34. The van der Waals surface area contributed by atoms with Gasteiger partial charge in [-0.1, -0.05) is 6.07 Å². The molecule has 0 aromatic carbocycles. The maximum atomic E-state index is 12.4. The molecule has 1 aliphatic heterocycles. The molecule has 1 saturated heterocycles. The molecule has 2 amide bonds. The van der Waals surface area contributed by atoms with E-state index in [1.54, 1.807) is 17.4 Å². The van der Waals surface area contributed by atoms with Crippen LogP contribution in [0.4, 0.5) is 0 Å². The highest BCUT2D eigenvalue weighted by molar-refractivity contribution is 7.13. The first kappa shape index (κ1) is 13.8. The number of primary amides is 1. The third kappa shape index (κ3) is 2.81. The van der Waals surface area contributed by atoms with E-state index < -0.39 is 12.0 Å². The summed E-state index contributed by atoms with van der Waals surface area (Å²) in [6, 6.07) is 5.59. The molecule has 2 aromatic rings. The highest BCUT2D eigenvalue weighted by Crippen LogP contribution is 2.23. The maximum Gasteiger partial charge on any atom is 0.274 e. The van der Waals surface area contributed by atoms with Crippen LogP contribution in [0.25, 0.3) is 10.6 Å². The second-order valence-corrected chi connectivity index (χ2v) is 5.60. The van der Waals surface area contributed by atoms with Gasteiger partial charge in [-0.25, -0.2) is 0 Å². The van der Waals surface area contributed by atoms with Crippen molar-refractivity contribution >= 4 is 23.2 Å². The van der Waals surface area contributed by atoms with Crippen LogP contribution in [0.15, 0.2) is 23.6 Å². The van der Waals surface area contributed by atoms with Crippen LogP contribution in [0, 0.1) is 0 Å². The molecular weight excluding hydrogens is 292 g/mol. The van der Waals surface area contributed by atoms with Gasteiger partial charge >= 0.3 is 0 Å². The molecule has 0 radical (unpaired) electrons. The van der Waals surface area contributed by atoms with Gasteiger partial charge in [-0.15, -0.1) is 11.3 Å². The first-order chi connectivity index (χ1) is 10.1. The van der Waals surface area contributed by atoms with Crippen LogP contribution < -0.4 is 5.73 Å². The van der Waals surface area contributed by atoms with E-state index in [0.717, 1.165) is 10.6 Å².